The molecule has 3 nitrogen and oxygen atoms in total. The molecule has 0 aliphatic carbocycles. The fourth-order valence-corrected chi connectivity index (χ4v) is 2.65. The minimum Gasteiger partial charge on any atom is -0.383 e. The van der Waals surface area contributed by atoms with E-state index in [4.69, 9.17) is 0 Å². The molecular formula is C18H17NO2. The highest BCUT2D eigenvalue weighted by atomic mass is 16.2. The molecule has 0 bridgehead atoms. The van der Waals surface area contributed by atoms with E-state index in [-0.39, 0.29) is 11.6 Å². The molecule has 1 aliphatic heterocycles. The Labute approximate surface area is 124 Å². The molecule has 1 unspecified atom stereocenters. The Morgan fingerprint density at radius 1 is 1.10 bits per heavy atom. The molecule has 1 aliphatic rings. The smallest absolute Gasteiger partial charge is 0.177 e. The van der Waals surface area contributed by atoms with Gasteiger partial charge in [0.05, 0.1) is 0 Å². The number of carbonyl (C=O) groups is 2. The van der Waals surface area contributed by atoms with E-state index in [1.807, 2.05) is 44.2 Å². The molecule has 3 heteroatoms. The third-order valence-electron chi connectivity index (χ3n) is 4.11. The summed E-state index contributed by atoms with van der Waals surface area (Å²) in [6.07, 6.45) is 0. The predicted molar refractivity (Wildman–Crippen MR) is 83.0 cm³/mol. The van der Waals surface area contributed by atoms with Crippen LogP contribution in [0, 0.1) is 19.8 Å². The van der Waals surface area contributed by atoms with Crippen LogP contribution < -0.4 is 5.32 Å². The van der Waals surface area contributed by atoms with Crippen molar-refractivity contribution in [2.24, 2.45) is 5.92 Å². The summed E-state index contributed by atoms with van der Waals surface area (Å²) >= 11 is 0. The van der Waals surface area contributed by atoms with Crippen molar-refractivity contribution < 1.29 is 9.59 Å². The zero-order chi connectivity index (χ0) is 15.0. The highest BCUT2D eigenvalue weighted by Crippen LogP contribution is 2.26. The lowest BCUT2D eigenvalue weighted by molar-refractivity contribution is 0.0812. The molecule has 106 valence electrons. The number of hydrogen-bond donors (Lipinski definition) is 1. The third-order valence-corrected chi connectivity index (χ3v) is 4.11. The molecule has 3 rings (SSSR count). The summed E-state index contributed by atoms with van der Waals surface area (Å²) in [5, 5.41) is 3.18. The average molecular weight is 279 g/mol. The van der Waals surface area contributed by atoms with Crippen molar-refractivity contribution in [1.82, 2.24) is 0 Å². The zero-order valence-corrected chi connectivity index (χ0v) is 12.1. The standard InChI is InChI=1S/C18H17NO2/c1-11-7-8-13(9-12(11)2)17(20)15-10-19-16-6-4-3-5-14(16)18(15)21/h3-9,15,19H,10H2,1-2H3. The second-order valence-corrected chi connectivity index (χ2v) is 5.51. The number of ketones is 2. The topological polar surface area (TPSA) is 46.2 Å². The maximum Gasteiger partial charge on any atom is 0.177 e. The summed E-state index contributed by atoms with van der Waals surface area (Å²) in [7, 11) is 0. The van der Waals surface area contributed by atoms with Gasteiger partial charge in [0.15, 0.2) is 11.6 Å². The number of para-hydroxylation sites is 1. The molecule has 0 spiro atoms. The number of benzene rings is 2. The van der Waals surface area contributed by atoms with Crippen LogP contribution in [0.15, 0.2) is 42.5 Å². The zero-order valence-electron chi connectivity index (χ0n) is 12.1. The number of carbonyl (C=O) groups excluding carboxylic acids is 2. The van der Waals surface area contributed by atoms with Gasteiger partial charge in [-0.3, -0.25) is 9.59 Å². The summed E-state index contributed by atoms with van der Waals surface area (Å²) in [6, 6.07) is 12.9. The van der Waals surface area contributed by atoms with Gasteiger partial charge in [0.1, 0.15) is 5.92 Å². The first kappa shape index (κ1) is 13.6. The van der Waals surface area contributed by atoms with Crippen molar-refractivity contribution in [3.05, 3.63) is 64.7 Å². The van der Waals surface area contributed by atoms with E-state index in [1.54, 1.807) is 12.1 Å². The summed E-state index contributed by atoms with van der Waals surface area (Å²) in [4.78, 5) is 25.1. The highest BCUT2D eigenvalue weighted by molar-refractivity contribution is 6.19. The summed E-state index contributed by atoms with van der Waals surface area (Å²) in [5.41, 5.74) is 4.23. The van der Waals surface area contributed by atoms with Gasteiger partial charge >= 0.3 is 0 Å². The fraction of sp³-hybridized carbons (Fsp3) is 0.222. The van der Waals surface area contributed by atoms with Crippen molar-refractivity contribution in [2.45, 2.75) is 13.8 Å². The number of anilines is 1. The average Bonchev–Trinajstić information content (AvgIpc) is 2.50. The van der Waals surface area contributed by atoms with E-state index >= 15 is 0 Å². The first-order chi connectivity index (χ1) is 10.1. The van der Waals surface area contributed by atoms with Gasteiger partial charge in [-0.1, -0.05) is 24.3 Å². The maximum atomic E-state index is 12.6. The third kappa shape index (κ3) is 2.35. The molecule has 0 saturated heterocycles. The molecule has 0 radical (unpaired) electrons. The summed E-state index contributed by atoms with van der Waals surface area (Å²) in [6.45, 7) is 4.34. The van der Waals surface area contributed by atoms with Crippen molar-refractivity contribution in [2.75, 3.05) is 11.9 Å². The molecule has 1 heterocycles. The second-order valence-electron chi connectivity index (χ2n) is 5.51. The lowest BCUT2D eigenvalue weighted by Crippen LogP contribution is -2.35. The highest BCUT2D eigenvalue weighted by Gasteiger charge is 2.33. The maximum absolute atomic E-state index is 12.6. The van der Waals surface area contributed by atoms with Crippen LogP contribution in [0.4, 0.5) is 5.69 Å². The van der Waals surface area contributed by atoms with Gasteiger partial charge < -0.3 is 5.32 Å². The Morgan fingerprint density at radius 2 is 1.86 bits per heavy atom. The van der Waals surface area contributed by atoms with E-state index in [2.05, 4.69) is 5.32 Å². The van der Waals surface area contributed by atoms with Crippen LogP contribution in [-0.2, 0) is 0 Å². The van der Waals surface area contributed by atoms with Crippen molar-refractivity contribution >= 4 is 17.3 Å². The van der Waals surface area contributed by atoms with E-state index in [9.17, 15) is 9.59 Å². The second kappa shape index (κ2) is 5.17. The number of aryl methyl sites for hydroxylation is 2. The van der Waals surface area contributed by atoms with Crippen molar-refractivity contribution in [3.8, 4) is 0 Å². The van der Waals surface area contributed by atoms with Crippen LogP contribution in [0.3, 0.4) is 0 Å². The van der Waals surface area contributed by atoms with Gasteiger partial charge in [-0.15, -0.1) is 0 Å². The Bertz CT molecular complexity index is 734. The van der Waals surface area contributed by atoms with Crippen LogP contribution in [0.5, 0.6) is 0 Å². The first-order valence-electron chi connectivity index (χ1n) is 7.06. The van der Waals surface area contributed by atoms with Crippen LogP contribution in [0.1, 0.15) is 31.8 Å². The van der Waals surface area contributed by atoms with Crippen LogP contribution in [0.25, 0.3) is 0 Å². The molecule has 0 fully saturated rings. The van der Waals surface area contributed by atoms with Crippen molar-refractivity contribution in [1.29, 1.82) is 0 Å². The first-order valence-corrected chi connectivity index (χ1v) is 7.06. The number of fused-ring (bicyclic) bond motifs is 1. The van der Waals surface area contributed by atoms with Gasteiger partial charge in [-0.25, -0.2) is 0 Å². The number of rotatable bonds is 2. The Morgan fingerprint density at radius 3 is 2.62 bits per heavy atom. The minimum atomic E-state index is -0.637. The number of hydrogen-bond acceptors (Lipinski definition) is 3. The molecule has 0 saturated carbocycles. The van der Waals surface area contributed by atoms with Gasteiger partial charge in [0.2, 0.25) is 0 Å². The van der Waals surface area contributed by atoms with E-state index in [0.717, 1.165) is 16.8 Å². The quantitative estimate of drug-likeness (QED) is 0.677. The monoisotopic (exact) mass is 279 g/mol. The molecule has 1 atom stereocenters. The molecule has 1 N–H and O–H groups in total. The molecule has 0 amide bonds. The number of nitrogens with one attached hydrogen (secondary N) is 1. The molecule has 21 heavy (non-hydrogen) atoms. The predicted octanol–water partition coefficient (Wildman–Crippen LogP) is 3.41. The summed E-state index contributed by atoms with van der Waals surface area (Å²) < 4.78 is 0. The SMILES string of the molecule is Cc1ccc(C(=O)C2CNc3ccccc3C2=O)cc1C. The molecule has 2 aromatic carbocycles. The van der Waals surface area contributed by atoms with E-state index in [0.29, 0.717) is 17.7 Å². The van der Waals surface area contributed by atoms with Gasteiger partial charge in [0.25, 0.3) is 0 Å². The molecule has 2 aromatic rings. The van der Waals surface area contributed by atoms with Crippen LogP contribution in [-0.4, -0.2) is 18.1 Å². The Balaban J connectivity index is 1.93. The largest absolute Gasteiger partial charge is 0.383 e. The Hall–Kier alpha value is -2.42. The van der Waals surface area contributed by atoms with Gasteiger partial charge in [-0.2, -0.15) is 0 Å². The normalized spacial score (nSPS) is 17.0. The molecule has 0 aromatic heterocycles. The Kier molecular flexibility index (Phi) is 3.34. The number of Topliss-reactive ketones (excluding diaryl/α,β-unsaturated/α-hetero) is 2. The van der Waals surface area contributed by atoms with E-state index in [1.165, 1.54) is 0 Å². The lowest BCUT2D eigenvalue weighted by atomic mass is 9.86. The van der Waals surface area contributed by atoms with Crippen LogP contribution >= 0.6 is 0 Å². The van der Waals surface area contributed by atoms with Crippen LogP contribution in [0.2, 0.25) is 0 Å². The fourth-order valence-electron chi connectivity index (χ4n) is 2.65. The summed E-state index contributed by atoms with van der Waals surface area (Å²) in [5.74, 6) is -0.834. The lowest BCUT2D eigenvalue weighted by Gasteiger charge is -2.24. The van der Waals surface area contributed by atoms with Gasteiger partial charge in [0, 0.05) is 23.4 Å². The molecular weight excluding hydrogens is 262 g/mol. The van der Waals surface area contributed by atoms with E-state index < -0.39 is 5.92 Å². The minimum absolute atomic E-state index is 0.0902. The van der Waals surface area contributed by atoms with Crippen molar-refractivity contribution in [3.63, 3.8) is 0 Å². The van der Waals surface area contributed by atoms with Gasteiger partial charge in [-0.05, 0) is 43.2 Å².